The first kappa shape index (κ1) is 12.4. The molecule has 0 spiro atoms. The lowest BCUT2D eigenvalue weighted by Crippen LogP contribution is -2.11. The van der Waals surface area contributed by atoms with Crippen LogP contribution in [0.1, 0.15) is 33.6 Å². The lowest BCUT2D eigenvalue weighted by molar-refractivity contribution is -0.144. The van der Waals surface area contributed by atoms with Gasteiger partial charge in [-0.05, 0) is 12.8 Å². The van der Waals surface area contributed by atoms with E-state index >= 15 is 0 Å². The lowest BCUT2D eigenvalue weighted by Gasteiger charge is -2.08. The molecule has 0 aromatic carbocycles. The van der Waals surface area contributed by atoms with Crippen LogP contribution in [-0.2, 0) is 14.3 Å². The summed E-state index contributed by atoms with van der Waals surface area (Å²) in [4.78, 5) is 10.9. The molecule has 0 N–H and O–H groups in total. The number of carbonyl (C=O) groups is 1. The molecule has 0 bridgehead atoms. The van der Waals surface area contributed by atoms with Crippen molar-refractivity contribution in [2.24, 2.45) is 5.92 Å². The summed E-state index contributed by atoms with van der Waals surface area (Å²) in [6.07, 6.45) is 1.48. The lowest BCUT2D eigenvalue weighted by atomic mass is 10.1. The molecule has 3 heteroatoms. The molecule has 0 saturated heterocycles. The van der Waals surface area contributed by atoms with Crippen LogP contribution in [0, 0.1) is 5.92 Å². The summed E-state index contributed by atoms with van der Waals surface area (Å²) in [5.74, 6) is 0.397. The maximum atomic E-state index is 10.9. The topological polar surface area (TPSA) is 35.5 Å². The van der Waals surface area contributed by atoms with Gasteiger partial charge in [0.25, 0.3) is 0 Å². The van der Waals surface area contributed by atoms with Crippen molar-refractivity contribution in [3.63, 3.8) is 0 Å². The Hall–Kier alpha value is -0.570. The van der Waals surface area contributed by atoms with Crippen molar-refractivity contribution in [3.05, 3.63) is 0 Å². The van der Waals surface area contributed by atoms with Gasteiger partial charge in [0.2, 0.25) is 0 Å². The molecule has 0 amide bonds. The molecule has 3 nitrogen and oxygen atoms in total. The highest BCUT2D eigenvalue weighted by Crippen LogP contribution is 2.00. The second-order valence-corrected chi connectivity index (χ2v) is 3.14. The third kappa shape index (κ3) is 7.78. The number of carbonyl (C=O) groups excluding carboxylic acids is 1. The average molecular weight is 188 g/mol. The molecule has 0 unspecified atom stereocenters. The van der Waals surface area contributed by atoms with Gasteiger partial charge in [-0.3, -0.25) is 4.79 Å². The summed E-state index contributed by atoms with van der Waals surface area (Å²) < 4.78 is 10.1. The Morgan fingerprint density at radius 3 is 2.62 bits per heavy atom. The molecule has 0 aliphatic carbocycles. The number of esters is 1. The van der Waals surface area contributed by atoms with Crippen molar-refractivity contribution in [2.75, 3.05) is 19.8 Å². The Balaban J connectivity index is 3.20. The maximum Gasteiger partial charge on any atom is 0.308 e. The summed E-state index contributed by atoms with van der Waals surface area (Å²) in [7, 11) is 0. The Morgan fingerprint density at radius 2 is 2.08 bits per heavy atom. The van der Waals surface area contributed by atoms with E-state index in [0.29, 0.717) is 25.6 Å². The van der Waals surface area contributed by atoms with Gasteiger partial charge < -0.3 is 9.47 Å². The minimum atomic E-state index is -0.174. The second-order valence-electron chi connectivity index (χ2n) is 3.14. The van der Waals surface area contributed by atoms with Gasteiger partial charge in [0.05, 0.1) is 19.6 Å². The standard InChI is InChI=1S/C10H20O3/c1-4-9(3)8-12-7-6-10(11)13-5-2/h9H,4-8H2,1-3H3/t9-/m0/s1. The van der Waals surface area contributed by atoms with Gasteiger partial charge in [-0.25, -0.2) is 0 Å². The largest absolute Gasteiger partial charge is 0.466 e. The molecular weight excluding hydrogens is 168 g/mol. The quantitative estimate of drug-likeness (QED) is 0.453. The zero-order chi connectivity index (χ0) is 10.1. The average Bonchev–Trinajstić information content (AvgIpc) is 2.12. The van der Waals surface area contributed by atoms with Crippen LogP contribution >= 0.6 is 0 Å². The van der Waals surface area contributed by atoms with Crippen LogP contribution in [0.15, 0.2) is 0 Å². The van der Waals surface area contributed by atoms with Gasteiger partial charge in [0, 0.05) is 6.61 Å². The first-order chi connectivity index (χ1) is 6.20. The third-order valence-electron chi connectivity index (χ3n) is 1.86. The molecule has 0 aromatic rings. The molecule has 0 rings (SSSR count). The minimum absolute atomic E-state index is 0.174. The number of hydrogen-bond donors (Lipinski definition) is 0. The summed E-state index contributed by atoms with van der Waals surface area (Å²) in [6, 6.07) is 0. The number of ether oxygens (including phenoxy) is 2. The van der Waals surface area contributed by atoms with E-state index in [1.54, 1.807) is 6.92 Å². The van der Waals surface area contributed by atoms with Gasteiger partial charge in [-0.2, -0.15) is 0 Å². The molecule has 78 valence electrons. The van der Waals surface area contributed by atoms with E-state index in [1.165, 1.54) is 0 Å². The molecule has 0 aromatic heterocycles. The predicted octanol–water partition coefficient (Wildman–Crippen LogP) is 2.00. The van der Waals surface area contributed by atoms with Crippen LogP contribution in [0.25, 0.3) is 0 Å². The van der Waals surface area contributed by atoms with E-state index in [1.807, 2.05) is 0 Å². The molecule has 0 fully saturated rings. The van der Waals surface area contributed by atoms with Crippen LogP contribution in [0.2, 0.25) is 0 Å². The summed E-state index contributed by atoms with van der Waals surface area (Å²) in [5.41, 5.74) is 0. The van der Waals surface area contributed by atoms with Gasteiger partial charge in [-0.15, -0.1) is 0 Å². The second kappa shape index (κ2) is 8.05. The van der Waals surface area contributed by atoms with E-state index in [9.17, 15) is 4.79 Å². The van der Waals surface area contributed by atoms with Crippen LogP contribution in [-0.4, -0.2) is 25.8 Å². The van der Waals surface area contributed by atoms with E-state index in [2.05, 4.69) is 13.8 Å². The van der Waals surface area contributed by atoms with Crippen molar-refractivity contribution in [2.45, 2.75) is 33.6 Å². The molecule has 0 radical (unpaired) electrons. The molecule has 0 saturated carbocycles. The van der Waals surface area contributed by atoms with Gasteiger partial charge in [0.1, 0.15) is 0 Å². The van der Waals surface area contributed by atoms with Crippen LogP contribution in [0.5, 0.6) is 0 Å². The molecule has 1 atom stereocenters. The van der Waals surface area contributed by atoms with Gasteiger partial charge in [-0.1, -0.05) is 20.3 Å². The summed E-state index contributed by atoms with van der Waals surface area (Å²) in [5, 5.41) is 0. The Bertz CT molecular complexity index is 134. The molecule has 13 heavy (non-hydrogen) atoms. The number of rotatable bonds is 7. The van der Waals surface area contributed by atoms with E-state index in [4.69, 9.17) is 9.47 Å². The smallest absolute Gasteiger partial charge is 0.308 e. The zero-order valence-electron chi connectivity index (χ0n) is 8.84. The SMILES string of the molecule is CCOC(=O)CCOC[C@@H](C)CC. The minimum Gasteiger partial charge on any atom is -0.466 e. The van der Waals surface area contributed by atoms with Gasteiger partial charge >= 0.3 is 5.97 Å². The van der Waals surface area contributed by atoms with E-state index in [-0.39, 0.29) is 5.97 Å². The highest BCUT2D eigenvalue weighted by Gasteiger charge is 2.02. The van der Waals surface area contributed by atoms with Crippen LogP contribution < -0.4 is 0 Å². The molecule has 0 aliphatic heterocycles. The predicted molar refractivity (Wildman–Crippen MR) is 51.5 cm³/mol. The summed E-state index contributed by atoms with van der Waals surface area (Å²) >= 11 is 0. The zero-order valence-corrected chi connectivity index (χ0v) is 8.84. The van der Waals surface area contributed by atoms with Crippen LogP contribution in [0.4, 0.5) is 0 Å². The Labute approximate surface area is 80.4 Å². The van der Waals surface area contributed by atoms with Crippen molar-refractivity contribution in [1.82, 2.24) is 0 Å². The highest BCUT2D eigenvalue weighted by molar-refractivity contribution is 5.69. The maximum absolute atomic E-state index is 10.9. The van der Waals surface area contributed by atoms with E-state index < -0.39 is 0 Å². The van der Waals surface area contributed by atoms with Crippen molar-refractivity contribution < 1.29 is 14.3 Å². The van der Waals surface area contributed by atoms with E-state index in [0.717, 1.165) is 13.0 Å². The fourth-order valence-corrected chi connectivity index (χ4v) is 0.791. The van der Waals surface area contributed by atoms with Crippen LogP contribution in [0.3, 0.4) is 0 Å². The highest BCUT2D eigenvalue weighted by atomic mass is 16.5. The number of hydrogen-bond acceptors (Lipinski definition) is 3. The Kier molecular flexibility index (Phi) is 7.69. The fraction of sp³-hybridized carbons (Fsp3) is 0.900. The Morgan fingerprint density at radius 1 is 1.38 bits per heavy atom. The van der Waals surface area contributed by atoms with Gasteiger partial charge in [0.15, 0.2) is 0 Å². The van der Waals surface area contributed by atoms with Crippen molar-refractivity contribution >= 4 is 5.97 Å². The first-order valence-electron chi connectivity index (χ1n) is 4.94. The molecular formula is C10H20O3. The first-order valence-corrected chi connectivity index (χ1v) is 4.94. The molecule has 0 aliphatic rings. The third-order valence-corrected chi connectivity index (χ3v) is 1.86. The fourth-order valence-electron chi connectivity index (χ4n) is 0.791. The normalized spacial score (nSPS) is 12.5. The molecule has 0 heterocycles. The monoisotopic (exact) mass is 188 g/mol. The summed E-state index contributed by atoms with van der Waals surface area (Å²) in [6.45, 7) is 7.71. The van der Waals surface area contributed by atoms with Crippen molar-refractivity contribution in [1.29, 1.82) is 0 Å². The van der Waals surface area contributed by atoms with Crippen molar-refractivity contribution in [3.8, 4) is 0 Å².